The zero-order valence-electron chi connectivity index (χ0n) is 7.83. The predicted molar refractivity (Wildman–Crippen MR) is 49.9 cm³/mol. The zero-order chi connectivity index (χ0) is 9.26. The van der Waals surface area contributed by atoms with Gasteiger partial charge in [0.2, 0.25) is 0 Å². The van der Waals surface area contributed by atoms with Crippen molar-refractivity contribution in [3.8, 4) is 11.5 Å². The van der Waals surface area contributed by atoms with Gasteiger partial charge >= 0.3 is 0 Å². The van der Waals surface area contributed by atoms with Crippen molar-refractivity contribution >= 4 is 5.69 Å². The molecule has 0 unspecified atom stereocenters. The van der Waals surface area contributed by atoms with Crippen LogP contribution in [0.15, 0.2) is 12.1 Å². The summed E-state index contributed by atoms with van der Waals surface area (Å²) in [4.78, 5) is 0. The maximum atomic E-state index is 5.26. The third-order valence-electron chi connectivity index (χ3n) is 2.25. The summed E-state index contributed by atoms with van der Waals surface area (Å²) >= 11 is 0. The Morgan fingerprint density at radius 1 is 1.23 bits per heavy atom. The van der Waals surface area contributed by atoms with Crippen LogP contribution < -0.4 is 14.8 Å². The third-order valence-corrected chi connectivity index (χ3v) is 2.25. The number of rotatable bonds is 2. The Kier molecular flexibility index (Phi) is 2.00. The van der Waals surface area contributed by atoms with Crippen molar-refractivity contribution in [2.45, 2.75) is 6.42 Å². The predicted octanol–water partition coefficient (Wildman–Crippen LogP) is 1.50. The van der Waals surface area contributed by atoms with Crippen LogP contribution in [-0.4, -0.2) is 20.8 Å². The van der Waals surface area contributed by atoms with Crippen molar-refractivity contribution in [2.75, 3.05) is 20.8 Å². The first-order chi connectivity index (χ1) is 6.36. The molecule has 13 heavy (non-hydrogen) atoms. The minimum Gasteiger partial charge on any atom is -0.493 e. The first-order valence-electron chi connectivity index (χ1n) is 4.28. The van der Waals surface area contributed by atoms with E-state index in [9.17, 15) is 0 Å². The zero-order valence-corrected chi connectivity index (χ0v) is 7.83. The summed E-state index contributed by atoms with van der Waals surface area (Å²) in [5.41, 5.74) is 2.21. The maximum Gasteiger partial charge on any atom is 0.186 e. The van der Waals surface area contributed by atoms with Crippen LogP contribution in [-0.2, 0) is 6.42 Å². The normalized spacial score (nSPS) is 13.4. The van der Waals surface area contributed by atoms with Gasteiger partial charge in [0.15, 0.2) is 11.5 Å². The molecule has 1 aromatic rings. The van der Waals surface area contributed by atoms with E-state index in [1.165, 1.54) is 5.56 Å². The molecule has 69 valence electrons. The first-order valence-corrected chi connectivity index (χ1v) is 4.28. The van der Waals surface area contributed by atoms with E-state index in [1.807, 2.05) is 12.1 Å². The highest BCUT2D eigenvalue weighted by Crippen LogP contribution is 2.40. The van der Waals surface area contributed by atoms with Crippen molar-refractivity contribution < 1.29 is 9.47 Å². The summed E-state index contributed by atoms with van der Waals surface area (Å²) in [5.74, 6) is 1.52. The fourth-order valence-electron chi connectivity index (χ4n) is 1.61. The van der Waals surface area contributed by atoms with E-state index in [0.717, 1.165) is 30.2 Å². The topological polar surface area (TPSA) is 32.6 Å². The lowest BCUT2D eigenvalue weighted by atomic mass is 10.1. The molecule has 2 rings (SSSR count). The smallest absolute Gasteiger partial charge is 0.186 e. The molecule has 0 spiro atoms. The van der Waals surface area contributed by atoms with Crippen LogP contribution in [0.2, 0.25) is 0 Å². The van der Waals surface area contributed by atoms with Crippen LogP contribution in [0.4, 0.5) is 5.69 Å². The maximum absolute atomic E-state index is 5.26. The van der Waals surface area contributed by atoms with Gasteiger partial charge in [0, 0.05) is 6.54 Å². The van der Waals surface area contributed by atoms with E-state index in [1.54, 1.807) is 14.2 Å². The van der Waals surface area contributed by atoms with Gasteiger partial charge in [0.05, 0.1) is 14.2 Å². The SMILES string of the molecule is COc1ccc2c(c1OC)[N]CC2. The summed E-state index contributed by atoms with van der Waals surface area (Å²) in [5, 5.41) is 4.37. The molecule has 1 aromatic carbocycles. The molecule has 1 heterocycles. The molecular formula is C10H12NO2. The van der Waals surface area contributed by atoms with Crippen LogP contribution in [0.3, 0.4) is 0 Å². The highest BCUT2D eigenvalue weighted by Gasteiger charge is 2.19. The number of ether oxygens (including phenoxy) is 2. The highest BCUT2D eigenvalue weighted by atomic mass is 16.5. The van der Waals surface area contributed by atoms with Gasteiger partial charge in [-0.3, -0.25) is 5.32 Å². The minimum absolute atomic E-state index is 0.756. The van der Waals surface area contributed by atoms with Crippen molar-refractivity contribution in [3.63, 3.8) is 0 Å². The summed E-state index contributed by atoms with van der Waals surface area (Å²) in [6, 6.07) is 3.98. The molecule has 1 radical (unpaired) electrons. The van der Waals surface area contributed by atoms with Crippen LogP contribution in [0.25, 0.3) is 0 Å². The minimum atomic E-state index is 0.756. The Hall–Kier alpha value is -1.38. The van der Waals surface area contributed by atoms with E-state index in [0.29, 0.717) is 0 Å². The van der Waals surface area contributed by atoms with E-state index < -0.39 is 0 Å². The molecule has 0 aliphatic carbocycles. The van der Waals surface area contributed by atoms with E-state index >= 15 is 0 Å². The van der Waals surface area contributed by atoms with Crippen LogP contribution in [0.1, 0.15) is 5.56 Å². The number of nitrogens with zero attached hydrogens (tertiary/aromatic N) is 1. The van der Waals surface area contributed by atoms with Gasteiger partial charge < -0.3 is 9.47 Å². The average molecular weight is 178 g/mol. The Morgan fingerprint density at radius 2 is 2.08 bits per heavy atom. The Balaban J connectivity index is 2.53. The summed E-state index contributed by atoms with van der Waals surface area (Å²) in [6.07, 6.45) is 1.01. The molecule has 0 N–H and O–H groups in total. The van der Waals surface area contributed by atoms with E-state index in [4.69, 9.17) is 9.47 Å². The van der Waals surface area contributed by atoms with Gasteiger partial charge in [-0.1, -0.05) is 6.07 Å². The lowest BCUT2D eigenvalue weighted by molar-refractivity contribution is 0.355. The molecule has 0 fully saturated rings. The molecule has 0 bridgehead atoms. The largest absolute Gasteiger partial charge is 0.493 e. The van der Waals surface area contributed by atoms with Crippen molar-refractivity contribution in [3.05, 3.63) is 17.7 Å². The summed E-state index contributed by atoms with van der Waals surface area (Å²) in [7, 11) is 3.28. The van der Waals surface area contributed by atoms with E-state index in [-0.39, 0.29) is 0 Å². The number of hydrogen-bond acceptors (Lipinski definition) is 2. The van der Waals surface area contributed by atoms with Gasteiger partial charge in [0.25, 0.3) is 0 Å². The third kappa shape index (κ3) is 1.20. The molecule has 1 aliphatic rings. The first kappa shape index (κ1) is 8.23. The standard InChI is InChI=1S/C10H12NO2/c1-12-8-4-3-7-5-6-11-9(7)10(8)13-2/h3-4H,5-6H2,1-2H3. The van der Waals surface area contributed by atoms with Gasteiger partial charge in [0.1, 0.15) is 5.69 Å². The fourth-order valence-corrected chi connectivity index (χ4v) is 1.61. The van der Waals surface area contributed by atoms with Gasteiger partial charge in [-0.15, -0.1) is 0 Å². The Bertz CT molecular complexity index is 323. The number of fused-ring (bicyclic) bond motifs is 1. The molecule has 3 heteroatoms. The molecule has 3 nitrogen and oxygen atoms in total. The van der Waals surface area contributed by atoms with Crippen LogP contribution in [0, 0.1) is 0 Å². The second-order valence-corrected chi connectivity index (χ2v) is 2.94. The molecule has 0 amide bonds. The average Bonchev–Trinajstić information content (AvgIpc) is 2.63. The highest BCUT2D eigenvalue weighted by molar-refractivity contribution is 5.65. The summed E-state index contributed by atoms with van der Waals surface area (Å²) < 4.78 is 10.4. The molecule has 0 aromatic heterocycles. The van der Waals surface area contributed by atoms with Crippen LogP contribution in [0.5, 0.6) is 11.5 Å². The molecule has 1 aliphatic heterocycles. The number of methoxy groups -OCH3 is 2. The lowest BCUT2D eigenvalue weighted by Gasteiger charge is -2.10. The quantitative estimate of drug-likeness (QED) is 0.687. The molecule has 0 saturated carbocycles. The Morgan fingerprint density at radius 3 is 2.77 bits per heavy atom. The molecular weight excluding hydrogens is 166 g/mol. The van der Waals surface area contributed by atoms with Crippen molar-refractivity contribution in [1.29, 1.82) is 0 Å². The van der Waals surface area contributed by atoms with Crippen molar-refractivity contribution in [2.24, 2.45) is 0 Å². The van der Waals surface area contributed by atoms with Crippen molar-refractivity contribution in [1.82, 2.24) is 5.32 Å². The summed E-state index contributed by atoms with van der Waals surface area (Å²) in [6.45, 7) is 0.860. The Labute approximate surface area is 77.7 Å². The fraction of sp³-hybridized carbons (Fsp3) is 0.400. The molecule has 0 atom stereocenters. The second-order valence-electron chi connectivity index (χ2n) is 2.94. The van der Waals surface area contributed by atoms with E-state index in [2.05, 4.69) is 5.32 Å². The van der Waals surface area contributed by atoms with Gasteiger partial charge in [-0.05, 0) is 18.1 Å². The molecule has 0 saturated heterocycles. The van der Waals surface area contributed by atoms with Crippen LogP contribution >= 0.6 is 0 Å². The number of hydrogen-bond donors (Lipinski definition) is 0. The second kappa shape index (κ2) is 3.17. The lowest BCUT2D eigenvalue weighted by Crippen LogP contribution is -1.95. The van der Waals surface area contributed by atoms with Gasteiger partial charge in [-0.2, -0.15) is 0 Å². The monoisotopic (exact) mass is 178 g/mol. The number of benzene rings is 1. The van der Waals surface area contributed by atoms with Gasteiger partial charge in [-0.25, -0.2) is 0 Å².